The zero-order chi connectivity index (χ0) is 14.0. The van der Waals surface area contributed by atoms with Gasteiger partial charge in [0.25, 0.3) is 0 Å². The minimum atomic E-state index is -1.06. The van der Waals surface area contributed by atoms with E-state index in [9.17, 15) is 14.0 Å². The number of hydrogen-bond acceptors (Lipinski definition) is 3. The molecule has 102 valence electrons. The van der Waals surface area contributed by atoms with Crippen LogP contribution in [-0.4, -0.2) is 35.6 Å². The van der Waals surface area contributed by atoms with Crippen LogP contribution in [0.1, 0.15) is 13.3 Å². The van der Waals surface area contributed by atoms with Crippen molar-refractivity contribution in [1.29, 1.82) is 0 Å². The van der Waals surface area contributed by atoms with Crippen LogP contribution in [-0.2, 0) is 9.59 Å². The molecule has 2 rings (SSSR count). The summed E-state index contributed by atoms with van der Waals surface area (Å²) in [6, 6.07) is 4.93. The molecule has 2 unspecified atom stereocenters. The SMILES string of the molecule is CC1CNC(=O)C(CC(=O)O)N1c1cccc(F)c1. The number of nitrogens with zero attached hydrogens (tertiary/aromatic N) is 1. The molecule has 1 aliphatic heterocycles. The van der Waals surface area contributed by atoms with Gasteiger partial charge in [0.2, 0.25) is 5.91 Å². The number of nitrogens with one attached hydrogen (secondary N) is 1. The van der Waals surface area contributed by atoms with E-state index in [0.29, 0.717) is 12.2 Å². The second-order valence-corrected chi connectivity index (χ2v) is 4.59. The second kappa shape index (κ2) is 5.26. The van der Waals surface area contributed by atoms with E-state index in [2.05, 4.69) is 5.32 Å². The normalized spacial score (nSPS) is 23.1. The molecule has 1 aromatic carbocycles. The summed E-state index contributed by atoms with van der Waals surface area (Å²) in [6.45, 7) is 2.27. The fourth-order valence-electron chi connectivity index (χ4n) is 2.33. The second-order valence-electron chi connectivity index (χ2n) is 4.59. The topological polar surface area (TPSA) is 69.6 Å². The first-order valence-electron chi connectivity index (χ1n) is 6.02. The Bertz CT molecular complexity index is 506. The van der Waals surface area contributed by atoms with Crippen molar-refractivity contribution in [3.63, 3.8) is 0 Å². The maximum absolute atomic E-state index is 13.3. The van der Waals surface area contributed by atoms with Crippen LogP contribution >= 0.6 is 0 Å². The van der Waals surface area contributed by atoms with Crippen LogP contribution in [0.25, 0.3) is 0 Å². The van der Waals surface area contributed by atoms with Gasteiger partial charge in [0.15, 0.2) is 0 Å². The van der Waals surface area contributed by atoms with Gasteiger partial charge in [-0.2, -0.15) is 0 Å². The van der Waals surface area contributed by atoms with Crippen LogP contribution in [0, 0.1) is 5.82 Å². The molecule has 0 bridgehead atoms. The third-order valence-electron chi connectivity index (χ3n) is 3.16. The molecule has 1 aliphatic rings. The molecule has 1 amide bonds. The number of benzene rings is 1. The van der Waals surface area contributed by atoms with Crippen molar-refractivity contribution in [3.8, 4) is 0 Å². The molecule has 19 heavy (non-hydrogen) atoms. The monoisotopic (exact) mass is 266 g/mol. The maximum Gasteiger partial charge on any atom is 0.305 e. The molecule has 1 saturated heterocycles. The third kappa shape index (κ3) is 2.83. The number of carbonyl (C=O) groups excluding carboxylic acids is 1. The lowest BCUT2D eigenvalue weighted by Crippen LogP contribution is -2.60. The van der Waals surface area contributed by atoms with Crippen LogP contribution in [0.5, 0.6) is 0 Å². The smallest absolute Gasteiger partial charge is 0.305 e. The number of rotatable bonds is 3. The molecule has 0 aromatic heterocycles. The maximum atomic E-state index is 13.3. The van der Waals surface area contributed by atoms with E-state index in [1.807, 2.05) is 6.92 Å². The number of anilines is 1. The minimum Gasteiger partial charge on any atom is -0.481 e. The van der Waals surface area contributed by atoms with Gasteiger partial charge < -0.3 is 15.3 Å². The first-order valence-corrected chi connectivity index (χ1v) is 6.02. The molecule has 0 radical (unpaired) electrons. The summed E-state index contributed by atoms with van der Waals surface area (Å²) in [5.74, 6) is -1.81. The molecule has 2 N–H and O–H groups in total. The lowest BCUT2D eigenvalue weighted by Gasteiger charge is -2.41. The Morgan fingerprint density at radius 1 is 1.58 bits per heavy atom. The Balaban J connectivity index is 2.36. The van der Waals surface area contributed by atoms with Crippen LogP contribution in [0.4, 0.5) is 10.1 Å². The summed E-state index contributed by atoms with van der Waals surface area (Å²) in [7, 11) is 0. The molecule has 1 fully saturated rings. The van der Waals surface area contributed by atoms with Crippen LogP contribution < -0.4 is 10.2 Å². The Kier molecular flexibility index (Phi) is 3.69. The molecule has 2 atom stereocenters. The summed E-state index contributed by atoms with van der Waals surface area (Å²) in [5, 5.41) is 11.6. The van der Waals surface area contributed by atoms with Gasteiger partial charge in [0, 0.05) is 18.3 Å². The lowest BCUT2D eigenvalue weighted by molar-refractivity contribution is -0.140. The van der Waals surface area contributed by atoms with E-state index in [0.717, 1.165) is 0 Å². The van der Waals surface area contributed by atoms with E-state index < -0.39 is 17.8 Å². The fourth-order valence-corrected chi connectivity index (χ4v) is 2.33. The van der Waals surface area contributed by atoms with E-state index in [1.165, 1.54) is 12.1 Å². The van der Waals surface area contributed by atoms with E-state index >= 15 is 0 Å². The van der Waals surface area contributed by atoms with Crippen molar-refractivity contribution in [2.24, 2.45) is 0 Å². The third-order valence-corrected chi connectivity index (χ3v) is 3.16. The van der Waals surface area contributed by atoms with Gasteiger partial charge in [0.05, 0.1) is 6.42 Å². The molecular formula is C13H15FN2O3. The first kappa shape index (κ1) is 13.3. The molecule has 1 heterocycles. The number of halogens is 1. The highest BCUT2D eigenvalue weighted by atomic mass is 19.1. The van der Waals surface area contributed by atoms with Gasteiger partial charge in [-0.3, -0.25) is 9.59 Å². The number of carbonyl (C=O) groups is 2. The quantitative estimate of drug-likeness (QED) is 0.856. The highest BCUT2D eigenvalue weighted by Gasteiger charge is 2.35. The standard InChI is InChI=1S/C13H15FN2O3/c1-8-7-15-13(19)11(6-12(17)18)16(8)10-4-2-3-9(14)5-10/h2-5,8,11H,6-7H2,1H3,(H,15,19)(H,17,18). The van der Waals surface area contributed by atoms with Gasteiger partial charge in [-0.05, 0) is 25.1 Å². The van der Waals surface area contributed by atoms with Crippen LogP contribution in [0.3, 0.4) is 0 Å². The van der Waals surface area contributed by atoms with E-state index in [4.69, 9.17) is 5.11 Å². The Labute approximate surface area is 110 Å². The van der Waals surface area contributed by atoms with Gasteiger partial charge in [-0.1, -0.05) is 6.07 Å². The predicted octanol–water partition coefficient (Wildman–Crippen LogP) is 0.994. The number of piperazine rings is 1. The number of carboxylic acid groups (broad SMARTS) is 1. The average molecular weight is 266 g/mol. The molecule has 5 nitrogen and oxygen atoms in total. The first-order chi connectivity index (χ1) is 8.99. The van der Waals surface area contributed by atoms with Crippen LogP contribution in [0.2, 0.25) is 0 Å². The summed E-state index contributed by atoms with van der Waals surface area (Å²) in [4.78, 5) is 24.4. The fraction of sp³-hybridized carbons (Fsp3) is 0.385. The summed E-state index contributed by atoms with van der Waals surface area (Å²) in [6.07, 6.45) is -0.313. The summed E-state index contributed by atoms with van der Waals surface area (Å²) in [5.41, 5.74) is 0.522. The summed E-state index contributed by atoms with van der Waals surface area (Å²) >= 11 is 0. The highest BCUT2D eigenvalue weighted by molar-refractivity contribution is 5.90. The minimum absolute atomic E-state index is 0.0937. The Hall–Kier alpha value is -2.11. The van der Waals surface area contributed by atoms with Crippen molar-refractivity contribution < 1.29 is 19.1 Å². The lowest BCUT2D eigenvalue weighted by atomic mass is 10.0. The van der Waals surface area contributed by atoms with Crippen LogP contribution in [0.15, 0.2) is 24.3 Å². The molecule has 6 heteroatoms. The largest absolute Gasteiger partial charge is 0.481 e. The van der Waals surface area contributed by atoms with Crippen molar-refractivity contribution in [2.75, 3.05) is 11.4 Å². The highest BCUT2D eigenvalue weighted by Crippen LogP contribution is 2.24. The Morgan fingerprint density at radius 2 is 2.32 bits per heavy atom. The van der Waals surface area contributed by atoms with Gasteiger partial charge in [0.1, 0.15) is 11.9 Å². The van der Waals surface area contributed by atoms with Gasteiger partial charge in [-0.25, -0.2) is 4.39 Å². The molecular weight excluding hydrogens is 251 g/mol. The average Bonchev–Trinajstić information content (AvgIpc) is 2.33. The number of carboxylic acids is 1. The number of hydrogen-bond donors (Lipinski definition) is 2. The van der Waals surface area contributed by atoms with Crippen molar-refractivity contribution in [1.82, 2.24) is 5.32 Å². The molecule has 0 spiro atoms. The molecule has 1 aromatic rings. The molecule has 0 aliphatic carbocycles. The number of aliphatic carboxylic acids is 1. The molecule has 0 saturated carbocycles. The van der Waals surface area contributed by atoms with E-state index in [-0.39, 0.29) is 18.4 Å². The summed E-state index contributed by atoms with van der Waals surface area (Å²) < 4.78 is 13.3. The van der Waals surface area contributed by atoms with Crippen molar-refractivity contribution >= 4 is 17.6 Å². The Morgan fingerprint density at radius 3 is 2.95 bits per heavy atom. The number of amides is 1. The van der Waals surface area contributed by atoms with Crippen molar-refractivity contribution in [3.05, 3.63) is 30.1 Å². The van der Waals surface area contributed by atoms with Crippen molar-refractivity contribution in [2.45, 2.75) is 25.4 Å². The zero-order valence-electron chi connectivity index (χ0n) is 10.5. The zero-order valence-corrected chi connectivity index (χ0v) is 10.5. The predicted molar refractivity (Wildman–Crippen MR) is 67.4 cm³/mol. The van der Waals surface area contributed by atoms with Gasteiger partial charge >= 0.3 is 5.97 Å². The van der Waals surface area contributed by atoms with Gasteiger partial charge in [-0.15, -0.1) is 0 Å². The van der Waals surface area contributed by atoms with E-state index in [1.54, 1.807) is 17.0 Å².